The molecular formula is C55H90N2O8. The van der Waals surface area contributed by atoms with Gasteiger partial charge in [-0.3, -0.25) is 19.2 Å². The van der Waals surface area contributed by atoms with Crippen molar-refractivity contribution in [3.63, 3.8) is 0 Å². The summed E-state index contributed by atoms with van der Waals surface area (Å²) in [6, 6.07) is 0.241. The van der Waals surface area contributed by atoms with Crippen LogP contribution in [0, 0.1) is 92.7 Å². The average Bonchev–Trinajstić information content (AvgIpc) is 3.82. The Morgan fingerprint density at radius 2 is 0.892 bits per heavy atom. The molecule has 4 N–H and O–H groups in total. The molecule has 8 aliphatic rings. The summed E-state index contributed by atoms with van der Waals surface area (Å²) in [6.45, 7) is 14.6. The summed E-state index contributed by atoms with van der Waals surface area (Å²) in [6.07, 6.45) is 20.4. The first kappa shape index (κ1) is 49.2. The topological polar surface area (TPSA) is 151 Å². The Morgan fingerprint density at radius 1 is 0.523 bits per heavy atom. The molecule has 2 amide bonds. The highest BCUT2D eigenvalue weighted by Gasteiger charge is 2.65. The molecule has 10 heteroatoms. The fraction of sp³-hybridized carbons (Fsp3) is 0.927. The molecule has 0 radical (unpaired) electrons. The summed E-state index contributed by atoms with van der Waals surface area (Å²) in [5.41, 5.74) is 0.769. The molecule has 2 unspecified atom stereocenters. The Kier molecular flexibility index (Phi) is 14.6. The zero-order valence-electron chi connectivity index (χ0n) is 41.8. The van der Waals surface area contributed by atoms with Crippen molar-refractivity contribution >= 4 is 23.8 Å². The van der Waals surface area contributed by atoms with Crippen molar-refractivity contribution in [3.05, 3.63) is 0 Å². The van der Waals surface area contributed by atoms with Gasteiger partial charge < -0.3 is 30.3 Å². The van der Waals surface area contributed by atoms with Crippen LogP contribution in [0.4, 0.5) is 0 Å². The maximum absolute atomic E-state index is 13.3. The second-order valence-corrected chi connectivity index (χ2v) is 25.2. The van der Waals surface area contributed by atoms with Crippen molar-refractivity contribution in [2.45, 2.75) is 214 Å². The highest BCUT2D eigenvalue weighted by Crippen LogP contribution is 2.70. The number of aliphatic hydroxyl groups excluding tert-OH is 2. The molecule has 10 nitrogen and oxygen atoms in total. The Balaban J connectivity index is 0.771. The van der Waals surface area contributed by atoms with Gasteiger partial charge in [-0.1, -0.05) is 41.5 Å². The molecule has 0 aromatic rings. The van der Waals surface area contributed by atoms with Gasteiger partial charge in [0.2, 0.25) is 11.8 Å². The van der Waals surface area contributed by atoms with Crippen LogP contribution in [0.1, 0.15) is 189 Å². The second kappa shape index (κ2) is 19.3. The van der Waals surface area contributed by atoms with Crippen molar-refractivity contribution in [1.29, 1.82) is 0 Å². The Labute approximate surface area is 392 Å². The Hall–Kier alpha value is -2.20. The quantitative estimate of drug-likeness (QED) is 0.126. The number of nitrogens with one attached hydrogen (secondary N) is 2. The fourth-order valence-corrected chi connectivity index (χ4v) is 19.0. The predicted octanol–water partition coefficient (Wildman–Crippen LogP) is 9.56. The molecule has 8 rings (SSSR count). The van der Waals surface area contributed by atoms with Gasteiger partial charge in [-0.15, -0.1) is 0 Å². The number of carbonyl (C=O) groups excluding carboxylic acids is 4. The zero-order chi connectivity index (χ0) is 46.6. The Morgan fingerprint density at radius 3 is 1.28 bits per heavy atom. The molecule has 0 spiro atoms. The molecule has 8 saturated carbocycles. The summed E-state index contributed by atoms with van der Waals surface area (Å²) < 4.78 is 9.90. The first-order chi connectivity index (χ1) is 30.9. The zero-order valence-corrected chi connectivity index (χ0v) is 41.8. The molecule has 0 saturated heterocycles. The lowest BCUT2D eigenvalue weighted by atomic mass is 9.43. The number of ether oxygens (including phenoxy) is 2. The predicted molar refractivity (Wildman–Crippen MR) is 252 cm³/mol. The largest absolute Gasteiger partial charge is 0.469 e. The maximum atomic E-state index is 13.3. The van der Waals surface area contributed by atoms with Gasteiger partial charge in [0.25, 0.3) is 0 Å². The van der Waals surface area contributed by atoms with Crippen molar-refractivity contribution in [3.8, 4) is 0 Å². The molecular weight excluding hydrogens is 817 g/mol. The lowest BCUT2D eigenvalue weighted by Gasteiger charge is -2.62. The second-order valence-electron chi connectivity index (χ2n) is 25.2. The molecule has 0 bridgehead atoms. The first-order valence-corrected chi connectivity index (χ1v) is 26.9. The third-order valence-corrected chi connectivity index (χ3v) is 22.5. The van der Waals surface area contributed by atoms with E-state index in [2.05, 4.69) is 52.2 Å². The van der Waals surface area contributed by atoms with Gasteiger partial charge in [0.1, 0.15) is 0 Å². The standard InChI is InChI=1S/C55H90N2O8/c1-32(12-18-48(62)64-7)38-14-16-40-50-42(22-26-54(38,40)5)52(3)24-20-36(28-34(52)30-44(50)58)56-46(60)10-9-11-47(61)57-37-21-25-53(4)35(29-37)31-45(59)51-41-17-15-39(33(2)13-19-49(63)65-8)55(41,6)27-23-43(51)53/h32-45,50-51,58-59H,9-31H2,1-8H3,(H,56,60)(H,57,61)/t32-,33-,34?,35?,36-,37+,38-,39-,40+,41+,42+,43+,44-,45+,50+,51+,52+,53+,54-,55-/m1/s1. The number of carbonyl (C=O) groups is 4. The molecule has 20 atom stereocenters. The van der Waals surface area contributed by atoms with Gasteiger partial charge in [-0.05, 0) is 215 Å². The highest BCUT2D eigenvalue weighted by atomic mass is 16.5. The van der Waals surface area contributed by atoms with E-state index in [1.807, 2.05) is 0 Å². The van der Waals surface area contributed by atoms with E-state index < -0.39 is 0 Å². The molecule has 0 aromatic carbocycles. The molecule has 8 fully saturated rings. The van der Waals surface area contributed by atoms with Crippen molar-refractivity contribution in [1.82, 2.24) is 10.6 Å². The minimum absolute atomic E-state index is 0.0411. The fourth-order valence-electron chi connectivity index (χ4n) is 19.0. The number of amides is 2. The molecule has 0 aliphatic heterocycles. The van der Waals surface area contributed by atoms with Crippen LogP contribution in [-0.4, -0.2) is 72.5 Å². The third kappa shape index (κ3) is 9.10. The van der Waals surface area contributed by atoms with Crippen LogP contribution >= 0.6 is 0 Å². The van der Waals surface area contributed by atoms with E-state index in [4.69, 9.17) is 9.47 Å². The van der Waals surface area contributed by atoms with Crippen molar-refractivity contribution in [2.24, 2.45) is 92.7 Å². The third-order valence-electron chi connectivity index (χ3n) is 22.5. The van der Waals surface area contributed by atoms with Crippen LogP contribution in [0.25, 0.3) is 0 Å². The van der Waals surface area contributed by atoms with E-state index in [0.29, 0.717) is 103 Å². The smallest absolute Gasteiger partial charge is 0.305 e. The van der Waals surface area contributed by atoms with Gasteiger partial charge in [-0.25, -0.2) is 0 Å². The molecule has 8 aliphatic carbocycles. The maximum Gasteiger partial charge on any atom is 0.305 e. The number of hydrogen-bond donors (Lipinski definition) is 4. The van der Waals surface area contributed by atoms with E-state index in [1.165, 1.54) is 52.7 Å². The van der Waals surface area contributed by atoms with Crippen LogP contribution < -0.4 is 10.6 Å². The minimum atomic E-state index is -0.303. The van der Waals surface area contributed by atoms with Gasteiger partial charge in [0, 0.05) is 37.8 Å². The first-order valence-electron chi connectivity index (χ1n) is 26.9. The molecule has 0 heterocycles. The van der Waals surface area contributed by atoms with Crippen LogP contribution in [-0.2, 0) is 28.7 Å². The monoisotopic (exact) mass is 907 g/mol. The molecule has 65 heavy (non-hydrogen) atoms. The molecule has 368 valence electrons. The van der Waals surface area contributed by atoms with Gasteiger partial charge in [0.05, 0.1) is 26.4 Å². The lowest BCUT2D eigenvalue weighted by Crippen LogP contribution is -2.59. The lowest BCUT2D eigenvalue weighted by molar-refractivity contribution is -0.167. The Bertz CT molecular complexity index is 1620. The van der Waals surface area contributed by atoms with Crippen LogP contribution in [0.15, 0.2) is 0 Å². The normalized spacial score (nSPS) is 46.1. The minimum Gasteiger partial charge on any atom is -0.469 e. The number of hydrogen-bond acceptors (Lipinski definition) is 8. The van der Waals surface area contributed by atoms with E-state index in [9.17, 15) is 29.4 Å². The number of fused-ring (bicyclic) bond motifs is 10. The van der Waals surface area contributed by atoms with Crippen molar-refractivity contribution < 1.29 is 38.9 Å². The SMILES string of the molecule is COC(=O)CC[C@@H](C)[C@H]1CC[C@H]2[C@@H]3[C@H](O)CC4C[C@H](NC(=O)CCCC(=O)N[C@H]5CC[C@@]6(C)C(C5)C[C@H](O)[C@H]5[C@@H]7CC[C@H]([C@H](C)CCC(=O)OC)[C@@]7(C)CC[C@@H]56)CC[C@]4(C)[C@H]3CC[C@]12C. The summed E-state index contributed by atoms with van der Waals surface area (Å²) in [7, 11) is 2.95. The summed E-state index contributed by atoms with van der Waals surface area (Å²) in [5, 5.41) is 30.6. The number of aliphatic hydroxyl groups is 2. The van der Waals surface area contributed by atoms with E-state index in [-0.39, 0.29) is 69.7 Å². The van der Waals surface area contributed by atoms with Crippen LogP contribution in [0.2, 0.25) is 0 Å². The molecule has 0 aromatic heterocycles. The van der Waals surface area contributed by atoms with E-state index in [0.717, 1.165) is 77.0 Å². The highest BCUT2D eigenvalue weighted by molar-refractivity contribution is 5.79. The van der Waals surface area contributed by atoms with Gasteiger partial charge >= 0.3 is 11.9 Å². The summed E-state index contributed by atoms with van der Waals surface area (Å²) in [5.74, 6) is 5.46. The number of esters is 2. The number of methoxy groups -OCH3 is 2. The van der Waals surface area contributed by atoms with Crippen LogP contribution in [0.5, 0.6) is 0 Å². The van der Waals surface area contributed by atoms with Gasteiger partial charge in [-0.2, -0.15) is 0 Å². The van der Waals surface area contributed by atoms with Gasteiger partial charge in [0.15, 0.2) is 0 Å². The van der Waals surface area contributed by atoms with E-state index >= 15 is 0 Å². The number of rotatable bonds is 14. The van der Waals surface area contributed by atoms with E-state index in [1.54, 1.807) is 0 Å². The average molecular weight is 907 g/mol. The van der Waals surface area contributed by atoms with Crippen LogP contribution in [0.3, 0.4) is 0 Å². The summed E-state index contributed by atoms with van der Waals surface area (Å²) in [4.78, 5) is 50.6. The summed E-state index contributed by atoms with van der Waals surface area (Å²) >= 11 is 0. The van der Waals surface area contributed by atoms with Crippen molar-refractivity contribution in [2.75, 3.05) is 14.2 Å².